The average Bonchev–Trinajstić information content (AvgIpc) is 2.65. The summed E-state index contributed by atoms with van der Waals surface area (Å²) in [5.41, 5.74) is -0.175. The summed E-state index contributed by atoms with van der Waals surface area (Å²) in [4.78, 5) is 24.0. The monoisotopic (exact) mass is 422 g/mol. The molecule has 2 saturated heterocycles. The largest absolute Gasteiger partial charge is 0.511 e. The smallest absolute Gasteiger partial charge is 0.345 e. The van der Waals surface area contributed by atoms with E-state index in [0.717, 1.165) is 12.8 Å². The predicted molar refractivity (Wildman–Crippen MR) is 115 cm³/mol. The van der Waals surface area contributed by atoms with Gasteiger partial charge in [-0.15, -0.1) is 0 Å². The van der Waals surface area contributed by atoms with Crippen LogP contribution in [0.15, 0.2) is 23.5 Å². The third-order valence-corrected chi connectivity index (χ3v) is 6.02. The first-order chi connectivity index (χ1) is 14.0. The minimum absolute atomic E-state index is 0.128. The van der Waals surface area contributed by atoms with Crippen LogP contribution in [0.4, 0.5) is 0 Å². The first kappa shape index (κ1) is 24.6. The number of aliphatic hydroxyl groups excluding tert-OH is 1. The zero-order chi connectivity index (χ0) is 22.5. The molecule has 2 aliphatic heterocycles. The van der Waals surface area contributed by atoms with Gasteiger partial charge in [0.25, 0.3) is 0 Å². The molecule has 6 nitrogen and oxygen atoms in total. The number of carbonyl (C=O) groups excluding carboxylic acids is 2. The average molecular weight is 423 g/mol. The summed E-state index contributed by atoms with van der Waals surface area (Å²) in [5, 5.41) is 10.3. The number of ketones is 1. The topological polar surface area (TPSA) is 82.1 Å². The van der Waals surface area contributed by atoms with Crippen molar-refractivity contribution < 1.29 is 28.9 Å². The van der Waals surface area contributed by atoms with Crippen molar-refractivity contribution in [1.29, 1.82) is 0 Å². The lowest BCUT2D eigenvalue weighted by Crippen LogP contribution is -2.47. The maximum absolute atomic E-state index is 12.1. The quantitative estimate of drug-likeness (QED) is 0.197. The molecule has 0 aromatic rings. The van der Waals surface area contributed by atoms with Crippen LogP contribution in [0.5, 0.6) is 0 Å². The fraction of sp³-hybridized carbons (Fsp3) is 0.750. The highest BCUT2D eigenvalue weighted by Crippen LogP contribution is 2.32. The lowest BCUT2D eigenvalue weighted by Gasteiger charge is -2.42. The number of aliphatic hydroxyl groups is 1. The molecule has 5 atom stereocenters. The van der Waals surface area contributed by atoms with Crippen LogP contribution >= 0.6 is 0 Å². The number of esters is 1. The van der Waals surface area contributed by atoms with Gasteiger partial charge in [0.05, 0.1) is 12.7 Å². The van der Waals surface area contributed by atoms with E-state index >= 15 is 0 Å². The zero-order valence-electron chi connectivity index (χ0n) is 19.3. The minimum atomic E-state index is -0.708. The Balaban J connectivity index is 1.88. The molecule has 0 radical (unpaired) electrons. The van der Waals surface area contributed by atoms with E-state index in [4.69, 9.17) is 14.2 Å². The maximum atomic E-state index is 12.1. The van der Waals surface area contributed by atoms with Gasteiger partial charge in [-0.25, -0.2) is 4.79 Å². The van der Waals surface area contributed by atoms with E-state index in [-0.39, 0.29) is 35.6 Å². The summed E-state index contributed by atoms with van der Waals surface area (Å²) < 4.78 is 17.1. The lowest BCUT2D eigenvalue weighted by atomic mass is 9.88. The summed E-state index contributed by atoms with van der Waals surface area (Å²) in [5.74, 6) is -0.791. The molecule has 2 heterocycles. The van der Waals surface area contributed by atoms with E-state index in [1.807, 2.05) is 13.8 Å². The van der Waals surface area contributed by atoms with Crippen molar-refractivity contribution in [3.63, 3.8) is 0 Å². The van der Waals surface area contributed by atoms with E-state index in [1.54, 1.807) is 6.92 Å². The Kier molecular flexibility index (Phi) is 8.68. The molecule has 2 rings (SSSR count). The molecule has 0 aromatic heterocycles. The molecule has 0 bridgehead atoms. The molecule has 6 heteroatoms. The summed E-state index contributed by atoms with van der Waals surface area (Å²) in [6.07, 6.45) is 7.03. The number of allylic oxidation sites excluding steroid dienone is 2. The Morgan fingerprint density at radius 3 is 2.63 bits per heavy atom. The van der Waals surface area contributed by atoms with Crippen molar-refractivity contribution in [2.75, 3.05) is 6.61 Å². The molecule has 170 valence electrons. The van der Waals surface area contributed by atoms with Crippen LogP contribution in [0.3, 0.4) is 0 Å². The predicted octanol–water partition coefficient (Wildman–Crippen LogP) is 4.88. The Bertz CT molecular complexity index is 657. The zero-order valence-corrected chi connectivity index (χ0v) is 19.3. The SMILES string of the molecule is CC[C@H](C)[C@H]1OC(C)(C)OC[C@@H]1/C=C/C[C@H](C)CC/C(O)=C1\C(=O)C[C@@H](C)OC1=O. The second kappa shape index (κ2) is 10.6. The maximum Gasteiger partial charge on any atom is 0.345 e. The second-order valence-electron chi connectivity index (χ2n) is 9.32. The van der Waals surface area contributed by atoms with Crippen LogP contribution < -0.4 is 0 Å². The Hall–Kier alpha value is -1.66. The van der Waals surface area contributed by atoms with Crippen LogP contribution in [-0.4, -0.2) is 41.5 Å². The molecule has 0 aromatic carbocycles. The highest BCUT2D eigenvalue weighted by Gasteiger charge is 2.37. The lowest BCUT2D eigenvalue weighted by molar-refractivity contribution is -0.295. The minimum Gasteiger partial charge on any atom is -0.511 e. The van der Waals surface area contributed by atoms with Gasteiger partial charge in [-0.2, -0.15) is 0 Å². The fourth-order valence-electron chi connectivity index (χ4n) is 3.93. The summed E-state index contributed by atoms with van der Waals surface area (Å²) in [7, 11) is 0. The third kappa shape index (κ3) is 6.67. The first-order valence-corrected chi connectivity index (χ1v) is 11.2. The van der Waals surface area contributed by atoms with Gasteiger partial charge < -0.3 is 19.3 Å². The molecule has 0 aliphatic carbocycles. The van der Waals surface area contributed by atoms with E-state index < -0.39 is 17.9 Å². The van der Waals surface area contributed by atoms with E-state index in [9.17, 15) is 14.7 Å². The van der Waals surface area contributed by atoms with E-state index in [0.29, 0.717) is 31.3 Å². The van der Waals surface area contributed by atoms with Gasteiger partial charge >= 0.3 is 5.97 Å². The number of rotatable bonds is 8. The number of ether oxygens (including phenoxy) is 3. The molecule has 0 saturated carbocycles. The summed E-state index contributed by atoms with van der Waals surface area (Å²) in [6, 6.07) is 0. The fourth-order valence-corrected chi connectivity index (χ4v) is 3.93. The Morgan fingerprint density at radius 1 is 1.30 bits per heavy atom. The first-order valence-electron chi connectivity index (χ1n) is 11.2. The van der Waals surface area contributed by atoms with Crippen molar-refractivity contribution >= 4 is 11.8 Å². The Morgan fingerprint density at radius 2 is 2.00 bits per heavy atom. The van der Waals surface area contributed by atoms with Crippen molar-refractivity contribution in [2.45, 2.75) is 91.6 Å². The third-order valence-electron chi connectivity index (χ3n) is 6.02. The van der Waals surface area contributed by atoms with Crippen molar-refractivity contribution in [2.24, 2.45) is 17.8 Å². The van der Waals surface area contributed by atoms with Gasteiger partial charge in [0.2, 0.25) is 0 Å². The second-order valence-corrected chi connectivity index (χ2v) is 9.32. The van der Waals surface area contributed by atoms with Gasteiger partial charge in [0.15, 0.2) is 11.6 Å². The normalized spacial score (nSPS) is 30.8. The summed E-state index contributed by atoms with van der Waals surface area (Å²) in [6.45, 7) is 12.7. The molecule has 0 spiro atoms. The molecular formula is C24H38O6. The van der Waals surface area contributed by atoms with Crippen LogP contribution in [0.2, 0.25) is 0 Å². The molecule has 0 amide bonds. The number of Topliss-reactive ketones (excluding diaryl/α,β-unsaturated/α-hetero) is 1. The van der Waals surface area contributed by atoms with Crippen molar-refractivity contribution in [3.05, 3.63) is 23.5 Å². The van der Waals surface area contributed by atoms with Gasteiger partial charge in [-0.1, -0.05) is 39.3 Å². The van der Waals surface area contributed by atoms with E-state index in [1.165, 1.54) is 0 Å². The van der Waals surface area contributed by atoms with Crippen LogP contribution in [0.1, 0.15) is 73.6 Å². The van der Waals surface area contributed by atoms with Crippen LogP contribution in [0, 0.1) is 17.8 Å². The van der Waals surface area contributed by atoms with Crippen LogP contribution in [0.25, 0.3) is 0 Å². The Labute approximate surface area is 180 Å². The molecule has 30 heavy (non-hydrogen) atoms. The van der Waals surface area contributed by atoms with Crippen molar-refractivity contribution in [1.82, 2.24) is 0 Å². The number of hydrogen-bond donors (Lipinski definition) is 1. The highest BCUT2D eigenvalue weighted by atomic mass is 16.7. The number of hydrogen-bond acceptors (Lipinski definition) is 6. The summed E-state index contributed by atoms with van der Waals surface area (Å²) >= 11 is 0. The van der Waals surface area contributed by atoms with E-state index in [2.05, 4.69) is 32.9 Å². The van der Waals surface area contributed by atoms with Gasteiger partial charge in [-0.05, 0) is 45.4 Å². The van der Waals surface area contributed by atoms with Gasteiger partial charge in [-0.3, -0.25) is 4.79 Å². The highest BCUT2D eigenvalue weighted by molar-refractivity contribution is 6.19. The van der Waals surface area contributed by atoms with Gasteiger partial charge in [0.1, 0.15) is 17.4 Å². The molecule has 2 fully saturated rings. The number of cyclic esters (lactones) is 1. The molecular weight excluding hydrogens is 384 g/mol. The molecule has 1 N–H and O–H groups in total. The molecule has 0 unspecified atom stereocenters. The molecule has 2 aliphatic rings. The van der Waals surface area contributed by atoms with Crippen molar-refractivity contribution in [3.8, 4) is 0 Å². The van der Waals surface area contributed by atoms with Gasteiger partial charge in [0, 0.05) is 18.8 Å². The van der Waals surface area contributed by atoms with Crippen LogP contribution in [-0.2, 0) is 23.8 Å². The number of carbonyl (C=O) groups is 2. The standard InChI is InChI=1S/C24H38O6/c1-7-16(3)22-18(14-28-24(5,6)30-22)10-8-9-15(2)11-12-19(25)21-20(26)13-17(4)29-23(21)27/h8,10,15-18,22,25H,7,9,11-14H2,1-6H3/b10-8+,21-19-/t15-,16-,17+,18-,22+/m0/s1.